The molecule has 9 heteroatoms. The van der Waals surface area contributed by atoms with Crippen molar-refractivity contribution in [3.63, 3.8) is 0 Å². The fourth-order valence-corrected chi connectivity index (χ4v) is 1.81. The number of hydrogen-bond acceptors (Lipinski definition) is 2. The van der Waals surface area contributed by atoms with Gasteiger partial charge in [-0.05, 0) is 34.1 Å². The van der Waals surface area contributed by atoms with Crippen LogP contribution in [0.25, 0.3) is 5.69 Å². The van der Waals surface area contributed by atoms with Gasteiger partial charge in [-0.15, -0.1) is 0 Å². The van der Waals surface area contributed by atoms with Crippen LogP contribution in [0.2, 0.25) is 0 Å². The molecule has 0 radical (unpaired) electrons. The van der Waals surface area contributed by atoms with Gasteiger partial charge >= 0.3 is 17.6 Å². The number of rotatable bonds is 1. The Morgan fingerprint density at radius 2 is 1.67 bits per heavy atom. The van der Waals surface area contributed by atoms with Gasteiger partial charge < -0.3 is 0 Å². The van der Waals surface area contributed by atoms with E-state index in [0.717, 1.165) is 12.1 Å². The van der Waals surface area contributed by atoms with Gasteiger partial charge in [0.1, 0.15) is 0 Å². The number of aromatic nitrogens is 3. The Morgan fingerprint density at radius 3 is 2.17 bits per heavy atom. The maximum atomic E-state index is 12.5. The summed E-state index contributed by atoms with van der Waals surface area (Å²) in [4.78, 5) is 22.7. The van der Waals surface area contributed by atoms with Crippen LogP contribution in [0.4, 0.5) is 13.2 Å². The average Bonchev–Trinajstić information content (AvgIpc) is 2.58. The van der Waals surface area contributed by atoms with Crippen molar-refractivity contribution in [3.05, 3.63) is 49.2 Å². The van der Waals surface area contributed by atoms with E-state index < -0.39 is 23.1 Å². The van der Waals surface area contributed by atoms with Crippen LogP contribution in [0.5, 0.6) is 0 Å². The van der Waals surface area contributed by atoms with E-state index in [4.69, 9.17) is 0 Å². The van der Waals surface area contributed by atoms with E-state index >= 15 is 0 Å². The van der Waals surface area contributed by atoms with Crippen molar-refractivity contribution in [3.8, 4) is 5.69 Å². The Balaban J connectivity index is 2.73. The first-order valence-corrected chi connectivity index (χ1v) is 5.37. The van der Waals surface area contributed by atoms with Gasteiger partial charge in [0.05, 0.1) is 11.3 Å². The molecule has 0 saturated heterocycles. The van der Waals surface area contributed by atoms with Crippen molar-refractivity contribution in [1.82, 2.24) is 14.8 Å². The van der Waals surface area contributed by atoms with E-state index in [0.29, 0.717) is 10.6 Å². The first kappa shape index (κ1) is 12.7. The van der Waals surface area contributed by atoms with Crippen LogP contribution in [-0.2, 0) is 6.18 Å². The second-order valence-electron chi connectivity index (χ2n) is 3.36. The summed E-state index contributed by atoms with van der Waals surface area (Å²) in [6.07, 6.45) is -4.55. The van der Waals surface area contributed by atoms with Gasteiger partial charge in [-0.3, -0.25) is 0 Å². The summed E-state index contributed by atoms with van der Waals surface area (Å²) < 4.78 is 38.4. The van der Waals surface area contributed by atoms with Gasteiger partial charge in [0.25, 0.3) is 0 Å². The third-order valence-electron chi connectivity index (χ3n) is 2.20. The van der Waals surface area contributed by atoms with Crippen molar-refractivity contribution in [2.75, 3.05) is 0 Å². The molecule has 18 heavy (non-hydrogen) atoms. The zero-order valence-corrected chi connectivity index (χ0v) is 10.1. The maximum Gasteiger partial charge on any atom is 0.416 e. The molecule has 1 aromatic heterocycles. The fourth-order valence-electron chi connectivity index (χ4n) is 1.39. The monoisotopic (exact) mass is 323 g/mol. The summed E-state index contributed by atoms with van der Waals surface area (Å²) in [6.45, 7) is 0. The number of halogens is 4. The quantitative estimate of drug-likeness (QED) is 0.837. The topological polar surface area (TPSA) is 70.7 Å². The van der Waals surface area contributed by atoms with E-state index in [2.05, 4.69) is 15.9 Å². The van der Waals surface area contributed by atoms with E-state index in [1.54, 1.807) is 0 Å². The first-order valence-electron chi connectivity index (χ1n) is 4.57. The highest BCUT2D eigenvalue weighted by Gasteiger charge is 2.31. The minimum atomic E-state index is -4.55. The minimum absolute atomic E-state index is 0.183. The summed E-state index contributed by atoms with van der Waals surface area (Å²) in [7, 11) is 0. The van der Waals surface area contributed by atoms with E-state index in [9.17, 15) is 22.8 Å². The van der Waals surface area contributed by atoms with E-state index in [-0.39, 0.29) is 10.2 Å². The fraction of sp³-hybridized carbons (Fsp3) is 0.111. The van der Waals surface area contributed by atoms with Crippen molar-refractivity contribution in [2.45, 2.75) is 6.18 Å². The summed E-state index contributed by atoms with van der Waals surface area (Å²) in [5, 5.41) is 3.98. The van der Waals surface area contributed by atoms with Gasteiger partial charge in [-0.25, -0.2) is 24.4 Å². The Labute approximate surface area is 105 Å². The predicted molar refractivity (Wildman–Crippen MR) is 59.7 cm³/mol. The number of aromatic amines is 2. The maximum absolute atomic E-state index is 12.5. The first-order chi connectivity index (χ1) is 8.30. The third kappa shape index (κ3) is 2.13. The number of H-pyrrole nitrogens is 2. The molecule has 2 aromatic rings. The van der Waals surface area contributed by atoms with Gasteiger partial charge in [0, 0.05) is 4.47 Å². The molecule has 0 bridgehead atoms. The Bertz CT molecular complexity index is 671. The molecule has 1 heterocycles. The van der Waals surface area contributed by atoms with Crippen LogP contribution in [0.1, 0.15) is 5.56 Å². The third-order valence-corrected chi connectivity index (χ3v) is 2.87. The molecule has 2 rings (SSSR count). The summed E-state index contributed by atoms with van der Waals surface area (Å²) in [5.74, 6) is 0. The average molecular weight is 324 g/mol. The van der Waals surface area contributed by atoms with Crippen LogP contribution in [-0.4, -0.2) is 14.8 Å². The summed E-state index contributed by atoms with van der Waals surface area (Å²) in [5.41, 5.74) is -2.83. The zero-order chi connectivity index (χ0) is 13.5. The molecule has 0 amide bonds. The SMILES string of the molecule is O=c1[nH][nH]c(=O)n1-c1cc(C(F)(F)F)ccc1Br. The van der Waals surface area contributed by atoms with Crippen LogP contribution in [0.3, 0.4) is 0 Å². The highest BCUT2D eigenvalue weighted by atomic mass is 79.9. The molecule has 0 aliphatic rings. The van der Waals surface area contributed by atoms with Gasteiger partial charge in [0.2, 0.25) is 0 Å². The molecule has 0 unspecified atom stereocenters. The minimum Gasteiger partial charge on any atom is -0.247 e. The highest BCUT2D eigenvalue weighted by Crippen LogP contribution is 2.32. The Kier molecular flexibility index (Phi) is 2.93. The Hall–Kier alpha value is -1.77. The second kappa shape index (κ2) is 4.16. The molecule has 96 valence electrons. The van der Waals surface area contributed by atoms with Crippen LogP contribution < -0.4 is 11.4 Å². The normalized spacial score (nSPS) is 11.8. The standard InChI is InChI=1S/C9H5BrF3N3O2/c10-5-2-1-4(9(11,12)13)3-6(5)16-7(17)14-15-8(16)18/h1-3H,(H,14,17)(H,15,18). The molecule has 0 atom stereocenters. The lowest BCUT2D eigenvalue weighted by Gasteiger charge is -2.09. The summed E-state index contributed by atoms with van der Waals surface area (Å²) in [6, 6.07) is 2.69. The Morgan fingerprint density at radius 1 is 1.11 bits per heavy atom. The highest BCUT2D eigenvalue weighted by molar-refractivity contribution is 9.10. The van der Waals surface area contributed by atoms with Crippen LogP contribution in [0.15, 0.2) is 32.3 Å². The zero-order valence-electron chi connectivity index (χ0n) is 8.51. The van der Waals surface area contributed by atoms with Crippen molar-refractivity contribution < 1.29 is 13.2 Å². The molecule has 0 spiro atoms. The van der Waals surface area contributed by atoms with Crippen LogP contribution >= 0.6 is 15.9 Å². The number of alkyl halides is 3. The van der Waals surface area contributed by atoms with Crippen molar-refractivity contribution in [1.29, 1.82) is 0 Å². The van der Waals surface area contributed by atoms with Gasteiger partial charge in [-0.2, -0.15) is 13.2 Å². The lowest BCUT2D eigenvalue weighted by atomic mass is 10.2. The van der Waals surface area contributed by atoms with E-state index in [1.165, 1.54) is 0 Å². The molecule has 5 nitrogen and oxygen atoms in total. The molecule has 0 aliphatic heterocycles. The van der Waals surface area contributed by atoms with Gasteiger partial charge in [-0.1, -0.05) is 0 Å². The molecular formula is C9H5BrF3N3O2. The predicted octanol–water partition coefficient (Wildman–Crippen LogP) is 1.64. The molecule has 2 N–H and O–H groups in total. The van der Waals surface area contributed by atoms with Crippen molar-refractivity contribution >= 4 is 15.9 Å². The molecule has 0 fully saturated rings. The molecular weight excluding hydrogens is 319 g/mol. The van der Waals surface area contributed by atoms with Crippen molar-refractivity contribution in [2.24, 2.45) is 0 Å². The smallest absolute Gasteiger partial charge is 0.247 e. The number of nitrogens with one attached hydrogen (secondary N) is 2. The number of hydrogen-bond donors (Lipinski definition) is 2. The lowest BCUT2D eigenvalue weighted by molar-refractivity contribution is -0.137. The lowest BCUT2D eigenvalue weighted by Crippen LogP contribution is -2.25. The summed E-state index contributed by atoms with van der Waals surface area (Å²) >= 11 is 2.99. The van der Waals surface area contributed by atoms with E-state index in [1.807, 2.05) is 10.2 Å². The largest absolute Gasteiger partial charge is 0.416 e. The number of benzene rings is 1. The molecule has 1 aromatic carbocycles. The second-order valence-corrected chi connectivity index (χ2v) is 4.21. The number of nitrogens with zero attached hydrogens (tertiary/aromatic N) is 1. The molecule has 0 aliphatic carbocycles. The van der Waals surface area contributed by atoms with Gasteiger partial charge in [0.15, 0.2) is 0 Å². The van der Waals surface area contributed by atoms with Crippen LogP contribution in [0, 0.1) is 0 Å². The molecule has 0 saturated carbocycles.